The Kier molecular flexibility index (Phi) is 8.72. The third kappa shape index (κ3) is 7.75. The molecule has 0 atom stereocenters. The number of rotatable bonds is 8. The molecule has 1 amide bonds. The number of nitrogens with zero attached hydrogens (tertiary/aromatic N) is 3. The van der Waals surface area contributed by atoms with E-state index in [1.54, 1.807) is 11.0 Å². The number of amides is 1. The van der Waals surface area contributed by atoms with Crippen molar-refractivity contribution in [1.82, 2.24) is 14.7 Å². The van der Waals surface area contributed by atoms with Gasteiger partial charge < -0.3 is 20.0 Å². The van der Waals surface area contributed by atoms with E-state index in [0.29, 0.717) is 25.4 Å². The van der Waals surface area contributed by atoms with E-state index in [0.717, 1.165) is 32.3 Å². The first-order valence-corrected chi connectivity index (χ1v) is 8.86. The lowest BCUT2D eigenvalue weighted by Crippen LogP contribution is -2.50. The maximum absolute atomic E-state index is 12.8. The zero-order chi connectivity index (χ0) is 19.0. The van der Waals surface area contributed by atoms with E-state index >= 15 is 0 Å². The first kappa shape index (κ1) is 21.3. The lowest BCUT2D eigenvalue weighted by Gasteiger charge is -2.35. The number of aliphatic hydroxyl groups excluding tert-OH is 2. The molecular formula is C19H33N3O3. The molecule has 0 spiro atoms. The highest BCUT2D eigenvalue weighted by Crippen LogP contribution is 2.17. The van der Waals surface area contributed by atoms with Crippen LogP contribution in [0.3, 0.4) is 0 Å². The van der Waals surface area contributed by atoms with Crippen molar-refractivity contribution in [2.45, 2.75) is 20.3 Å². The number of carbonyl (C=O) groups excluding carboxylic acids is 1. The van der Waals surface area contributed by atoms with Crippen molar-refractivity contribution < 1.29 is 15.0 Å². The van der Waals surface area contributed by atoms with Crippen LogP contribution in [0.15, 0.2) is 35.8 Å². The summed E-state index contributed by atoms with van der Waals surface area (Å²) in [4.78, 5) is 19.1. The van der Waals surface area contributed by atoms with Gasteiger partial charge in [0, 0.05) is 45.3 Å². The largest absolute Gasteiger partial charge is 0.508 e. The second-order valence-electron chi connectivity index (χ2n) is 7.21. The molecule has 2 N–H and O–H groups in total. The molecule has 1 heterocycles. The molecule has 1 rings (SSSR count). The molecule has 1 saturated heterocycles. The van der Waals surface area contributed by atoms with Crippen molar-refractivity contribution in [1.29, 1.82) is 0 Å². The average Bonchev–Trinajstić information content (AvgIpc) is 2.52. The molecule has 1 aliphatic rings. The molecule has 0 aliphatic carbocycles. The van der Waals surface area contributed by atoms with Crippen molar-refractivity contribution in [2.75, 3.05) is 53.4 Å². The molecule has 0 saturated carbocycles. The third-order valence-corrected chi connectivity index (χ3v) is 4.13. The zero-order valence-electron chi connectivity index (χ0n) is 16.0. The molecule has 0 aromatic carbocycles. The lowest BCUT2D eigenvalue weighted by atomic mass is 10.0. The average molecular weight is 351 g/mol. The predicted octanol–water partition coefficient (Wildman–Crippen LogP) is 2.18. The summed E-state index contributed by atoms with van der Waals surface area (Å²) in [5.74, 6) is -0.318. The maximum atomic E-state index is 12.8. The minimum atomic E-state index is -0.269. The maximum Gasteiger partial charge on any atom is 0.257 e. The molecule has 6 nitrogen and oxygen atoms in total. The summed E-state index contributed by atoms with van der Waals surface area (Å²) in [6.45, 7) is 12.4. The van der Waals surface area contributed by atoms with Gasteiger partial charge in [-0.15, -0.1) is 0 Å². The van der Waals surface area contributed by atoms with Crippen LogP contribution in [0.4, 0.5) is 0 Å². The molecular weight excluding hydrogens is 318 g/mol. The number of hydrogen-bond acceptors (Lipinski definition) is 5. The van der Waals surface area contributed by atoms with Crippen LogP contribution >= 0.6 is 0 Å². The van der Waals surface area contributed by atoms with Gasteiger partial charge in [0.05, 0.1) is 5.57 Å². The van der Waals surface area contributed by atoms with Gasteiger partial charge in [0.25, 0.3) is 5.91 Å². The Balaban J connectivity index is 2.76. The Morgan fingerprint density at radius 3 is 2.28 bits per heavy atom. The van der Waals surface area contributed by atoms with E-state index in [9.17, 15) is 15.0 Å². The van der Waals surface area contributed by atoms with Crippen LogP contribution in [-0.4, -0.2) is 84.2 Å². The highest BCUT2D eigenvalue weighted by atomic mass is 16.3. The van der Waals surface area contributed by atoms with Gasteiger partial charge in [-0.1, -0.05) is 26.5 Å². The second-order valence-corrected chi connectivity index (χ2v) is 7.21. The van der Waals surface area contributed by atoms with Crippen molar-refractivity contribution in [2.24, 2.45) is 5.92 Å². The van der Waals surface area contributed by atoms with Gasteiger partial charge >= 0.3 is 0 Å². The van der Waals surface area contributed by atoms with Crippen LogP contribution in [0, 0.1) is 5.92 Å². The standard InChI is InChI=1S/C19H33N3O3/c1-15(2)6-7-17(18(24)14-16(3)23)19(25)22-12-10-21(11-13-22)9-8-20(4)5/h7,14-15,23-24H,3,6,8-13H2,1-2,4-5H3/b17-7+,18-14+. The van der Waals surface area contributed by atoms with E-state index in [-0.39, 0.29) is 23.0 Å². The second kappa shape index (κ2) is 10.3. The van der Waals surface area contributed by atoms with Crippen molar-refractivity contribution in [3.05, 3.63) is 35.8 Å². The fourth-order valence-corrected chi connectivity index (χ4v) is 2.58. The van der Waals surface area contributed by atoms with Gasteiger partial charge in [-0.05, 0) is 26.4 Å². The topological polar surface area (TPSA) is 67.2 Å². The SMILES string of the molecule is C=C(O)/C=C(O)\C(=C/CC(C)C)C(=O)N1CCN(CCN(C)C)CC1. The number of likely N-dealkylation sites (N-methyl/N-ethyl adjacent to an activating group) is 1. The molecule has 0 radical (unpaired) electrons. The summed E-state index contributed by atoms with van der Waals surface area (Å²) in [6.07, 6.45) is 3.55. The Morgan fingerprint density at radius 2 is 1.80 bits per heavy atom. The van der Waals surface area contributed by atoms with Gasteiger partial charge in [-0.2, -0.15) is 0 Å². The first-order chi connectivity index (χ1) is 11.7. The zero-order valence-corrected chi connectivity index (χ0v) is 16.0. The summed E-state index contributed by atoms with van der Waals surface area (Å²) in [5, 5.41) is 19.5. The van der Waals surface area contributed by atoms with Gasteiger partial charge in [-0.3, -0.25) is 9.69 Å². The van der Waals surface area contributed by atoms with E-state index < -0.39 is 0 Å². The summed E-state index contributed by atoms with van der Waals surface area (Å²) < 4.78 is 0. The van der Waals surface area contributed by atoms with E-state index in [4.69, 9.17) is 0 Å². The van der Waals surface area contributed by atoms with Gasteiger partial charge in [0.2, 0.25) is 0 Å². The number of allylic oxidation sites excluding steroid dienone is 2. The van der Waals surface area contributed by atoms with Crippen molar-refractivity contribution >= 4 is 5.91 Å². The molecule has 0 unspecified atom stereocenters. The molecule has 25 heavy (non-hydrogen) atoms. The monoisotopic (exact) mass is 351 g/mol. The van der Waals surface area contributed by atoms with Crippen LogP contribution in [0.5, 0.6) is 0 Å². The molecule has 1 fully saturated rings. The normalized spacial score (nSPS) is 17.4. The Labute approximate surface area is 151 Å². The molecule has 6 heteroatoms. The molecule has 0 bridgehead atoms. The van der Waals surface area contributed by atoms with E-state index in [1.807, 2.05) is 13.8 Å². The molecule has 0 aromatic heterocycles. The minimum Gasteiger partial charge on any atom is -0.508 e. The summed E-state index contributed by atoms with van der Waals surface area (Å²) in [6, 6.07) is 0. The van der Waals surface area contributed by atoms with E-state index in [2.05, 4.69) is 30.5 Å². The lowest BCUT2D eigenvalue weighted by molar-refractivity contribution is -0.128. The third-order valence-electron chi connectivity index (χ3n) is 4.13. The summed E-state index contributed by atoms with van der Waals surface area (Å²) in [7, 11) is 4.10. The van der Waals surface area contributed by atoms with Gasteiger partial charge in [0.1, 0.15) is 11.5 Å². The van der Waals surface area contributed by atoms with Crippen molar-refractivity contribution in [3.8, 4) is 0 Å². The fourth-order valence-electron chi connectivity index (χ4n) is 2.58. The number of aliphatic hydroxyl groups is 2. The molecule has 0 aromatic rings. The van der Waals surface area contributed by atoms with Crippen LogP contribution in [0.2, 0.25) is 0 Å². The smallest absolute Gasteiger partial charge is 0.257 e. The number of hydrogen-bond donors (Lipinski definition) is 2. The van der Waals surface area contributed by atoms with Gasteiger partial charge in [0.15, 0.2) is 0 Å². The van der Waals surface area contributed by atoms with Crippen LogP contribution in [0.1, 0.15) is 20.3 Å². The minimum absolute atomic E-state index is 0.192. The van der Waals surface area contributed by atoms with Crippen molar-refractivity contribution in [3.63, 3.8) is 0 Å². The Morgan fingerprint density at radius 1 is 1.20 bits per heavy atom. The highest BCUT2D eigenvalue weighted by Gasteiger charge is 2.25. The number of carbonyl (C=O) groups is 1. The van der Waals surface area contributed by atoms with Crippen LogP contribution in [0.25, 0.3) is 0 Å². The van der Waals surface area contributed by atoms with Crippen LogP contribution in [-0.2, 0) is 4.79 Å². The highest BCUT2D eigenvalue weighted by molar-refractivity contribution is 5.97. The fraction of sp³-hybridized carbons (Fsp3) is 0.632. The summed E-state index contributed by atoms with van der Waals surface area (Å²) in [5.41, 5.74) is 0.241. The van der Waals surface area contributed by atoms with Gasteiger partial charge in [-0.25, -0.2) is 0 Å². The Bertz CT molecular complexity index is 516. The van der Waals surface area contributed by atoms with Crippen LogP contribution < -0.4 is 0 Å². The predicted molar refractivity (Wildman–Crippen MR) is 102 cm³/mol. The molecule has 1 aliphatic heterocycles. The summed E-state index contributed by atoms with van der Waals surface area (Å²) >= 11 is 0. The van der Waals surface area contributed by atoms with E-state index in [1.165, 1.54) is 0 Å². The Hall–Kier alpha value is -1.79. The first-order valence-electron chi connectivity index (χ1n) is 8.86. The molecule has 142 valence electrons. The number of piperazine rings is 1. The quantitative estimate of drug-likeness (QED) is 0.399.